The monoisotopic (exact) mass is 257 g/mol. The minimum atomic E-state index is -0.255. The van der Waals surface area contributed by atoms with Gasteiger partial charge < -0.3 is 5.11 Å². The normalized spacial score (nSPS) is 15.2. The summed E-state index contributed by atoms with van der Waals surface area (Å²) in [4.78, 5) is 25.1. The van der Waals surface area contributed by atoms with Crippen LogP contribution in [0.15, 0.2) is 18.2 Å². The van der Waals surface area contributed by atoms with Crippen LogP contribution in [0.25, 0.3) is 0 Å². The number of imide groups is 1. The maximum absolute atomic E-state index is 11.9. The zero-order chi connectivity index (χ0) is 13.8. The van der Waals surface area contributed by atoms with Crippen molar-refractivity contribution in [3.8, 4) is 11.8 Å². The fourth-order valence-electron chi connectivity index (χ4n) is 2.10. The summed E-state index contributed by atoms with van der Waals surface area (Å²) in [5, 5.41) is 8.78. The van der Waals surface area contributed by atoms with Gasteiger partial charge in [0, 0.05) is 18.4 Å². The highest BCUT2D eigenvalue weighted by Crippen LogP contribution is 2.26. The number of aryl methyl sites for hydroxylation is 1. The molecule has 1 N–H and O–H groups in total. The zero-order valence-corrected chi connectivity index (χ0v) is 10.8. The van der Waals surface area contributed by atoms with E-state index in [-0.39, 0.29) is 18.4 Å². The predicted octanol–water partition coefficient (Wildman–Crippen LogP) is 1.38. The number of rotatable bonds is 1. The summed E-state index contributed by atoms with van der Waals surface area (Å²) in [5.41, 5.74) is 2.10. The van der Waals surface area contributed by atoms with E-state index in [2.05, 4.69) is 11.8 Å². The van der Waals surface area contributed by atoms with Crippen LogP contribution in [0.1, 0.15) is 30.4 Å². The van der Waals surface area contributed by atoms with Crippen LogP contribution in [0.3, 0.4) is 0 Å². The van der Waals surface area contributed by atoms with Gasteiger partial charge in [0.15, 0.2) is 0 Å². The Morgan fingerprint density at radius 3 is 2.58 bits per heavy atom. The van der Waals surface area contributed by atoms with Gasteiger partial charge in [-0.2, -0.15) is 0 Å². The predicted molar refractivity (Wildman–Crippen MR) is 71.5 cm³/mol. The second kappa shape index (κ2) is 5.68. The van der Waals surface area contributed by atoms with Gasteiger partial charge in [0.05, 0.1) is 5.69 Å². The van der Waals surface area contributed by atoms with Crippen molar-refractivity contribution in [3.63, 3.8) is 0 Å². The van der Waals surface area contributed by atoms with Crippen molar-refractivity contribution in [1.82, 2.24) is 0 Å². The lowest BCUT2D eigenvalue weighted by molar-refractivity contribution is -0.129. The minimum Gasteiger partial charge on any atom is -0.384 e. The molecule has 4 nitrogen and oxygen atoms in total. The average Bonchev–Trinajstić information content (AvgIpc) is 2.38. The number of anilines is 1. The summed E-state index contributed by atoms with van der Waals surface area (Å²) in [6.45, 7) is 1.66. The van der Waals surface area contributed by atoms with Crippen LogP contribution < -0.4 is 4.90 Å². The van der Waals surface area contributed by atoms with Gasteiger partial charge >= 0.3 is 0 Å². The summed E-state index contributed by atoms with van der Waals surface area (Å²) >= 11 is 0. The van der Waals surface area contributed by atoms with E-state index in [0.29, 0.717) is 30.5 Å². The van der Waals surface area contributed by atoms with Crippen molar-refractivity contribution in [2.45, 2.75) is 26.2 Å². The van der Waals surface area contributed by atoms with Crippen molar-refractivity contribution in [2.24, 2.45) is 0 Å². The van der Waals surface area contributed by atoms with E-state index in [1.165, 1.54) is 4.90 Å². The number of piperidine rings is 1. The number of hydrogen-bond acceptors (Lipinski definition) is 3. The first-order valence-electron chi connectivity index (χ1n) is 6.19. The highest BCUT2D eigenvalue weighted by molar-refractivity contribution is 6.17. The molecule has 0 saturated carbocycles. The molecule has 1 aromatic carbocycles. The molecule has 0 bridgehead atoms. The van der Waals surface area contributed by atoms with Gasteiger partial charge in [-0.1, -0.05) is 17.9 Å². The highest BCUT2D eigenvalue weighted by atomic mass is 16.2. The molecule has 2 rings (SSSR count). The molecule has 19 heavy (non-hydrogen) atoms. The topological polar surface area (TPSA) is 57.6 Å². The third-order valence-corrected chi connectivity index (χ3v) is 2.98. The molecule has 0 aromatic heterocycles. The Hall–Kier alpha value is -2.12. The van der Waals surface area contributed by atoms with Crippen molar-refractivity contribution < 1.29 is 14.7 Å². The molecule has 0 spiro atoms. The Labute approximate surface area is 112 Å². The molecule has 1 aliphatic rings. The van der Waals surface area contributed by atoms with Crippen LogP contribution in [-0.2, 0) is 9.59 Å². The smallest absolute Gasteiger partial charge is 0.233 e. The van der Waals surface area contributed by atoms with E-state index in [9.17, 15) is 9.59 Å². The van der Waals surface area contributed by atoms with Crippen LogP contribution in [0.4, 0.5) is 5.69 Å². The lowest BCUT2D eigenvalue weighted by atomic mass is 10.0. The molecule has 0 atom stereocenters. The van der Waals surface area contributed by atoms with E-state index < -0.39 is 0 Å². The molecule has 1 aromatic rings. The van der Waals surface area contributed by atoms with E-state index in [1.807, 2.05) is 19.1 Å². The summed E-state index contributed by atoms with van der Waals surface area (Å²) in [5.74, 6) is 4.98. The molecular weight excluding hydrogens is 242 g/mol. The van der Waals surface area contributed by atoms with Gasteiger partial charge in [-0.15, -0.1) is 0 Å². The highest BCUT2D eigenvalue weighted by Gasteiger charge is 2.28. The Kier molecular flexibility index (Phi) is 3.98. The van der Waals surface area contributed by atoms with Gasteiger partial charge in [-0.25, -0.2) is 4.90 Å². The molecular formula is C15H15NO3. The average molecular weight is 257 g/mol. The molecule has 0 unspecified atom stereocenters. The van der Waals surface area contributed by atoms with Gasteiger partial charge in [0.1, 0.15) is 6.61 Å². The Balaban J connectivity index is 2.48. The van der Waals surface area contributed by atoms with Crippen molar-refractivity contribution in [2.75, 3.05) is 11.5 Å². The van der Waals surface area contributed by atoms with Gasteiger partial charge in [-0.05, 0) is 31.0 Å². The maximum atomic E-state index is 11.9. The van der Waals surface area contributed by atoms with Crippen molar-refractivity contribution >= 4 is 17.5 Å². The van der Waals surface area contributed by atoms with Crippen LogP contribution in [0.2, 0.25) is 0 Å². The number of benzene rings is 1. The standard InChI is InChI=1S/C15H15NO3/c1-11-7-8-13(12(10-11)4-3-9-17)16-14(18)5-2-6-15(16)19/h7-8,10,17H,2,5-6,9H2,1H3. The molecule has 1 saturated heterocycles. The van der Waals surface area contributed by atoms with Crippen LogP contribution in [0, 0.1) is 18.8 Å². The quantitative estimate of drug-likeness (QED) is 0.611. The molecule has 1 heterocycles. The lowest BCUT2D eigenvalue weighted by Gasteiger charge is -2.26. The van der Waals surface area contributed by atoms with Gasteiger partial charge in [0.2, 0.25) is 11.8 Å². The number of amides is 2. The van der Waals surface area contributed by atoms with E-state index >= 15 is 0 Å². The van der Waals surface area contributed by atoms with Crippen LogP contribution in [-0.4, -0.2) is 23.5 Å². The fourth-order valence-corrected chi connectivity index (χ4v) is 2.10. The van der Waals surface area contributed by atoms with E-state index in [0.717, 1.165) is 5.56 Å². The third-order valence-electron chi connectivity index (χ3n) is 2.98. The molecule has 0 radical (unpaired) electrons. The maximum Gasteiger partial charge on any atom is 0.233 e. The summed E-state index contributed by atoms with van der Waals surface area (Å²) in [6, 6.07) is 5.39. The number of aliphatic hydroxyl groups excluding tert-OH is 1. The molecule has 4 heteroatoms. The first-order valence-corrected chi connectivity index (χ1v) is 6.19. The third kappa shape index (κ3) is 2.83. The first-order chi connectivity index (χ1) is 9.13. The van der Waals surface area contributed by atoms with Crippen LogP contribution in [0.5, 0.6) is 0 Å². The van der Waals surface area contributed by atoms with Gasteiger partial charge in [0.25, 0.3) is 0 Å². The number of nitrogens with zero attached hydrogens (tertiary/aromatic N) is 1. The Morgan fingerprint density at radius 2 is 1.95 bits per heavy atom. The van der Waals surface area contributed by atoms with Crippen molar-refractivity contribution in [3.05, 3.63) is 29.3 Å². The van der Waals surface area contributed by atoms with Gasteiger partial charge in [-0.3, -0.25) is 9.59 Å². The number of carbonyl (C=O) groups is 2. The molecule has 2 amide bonds. The Bertz CT molecular complexity index is 565. The lowest BCUT2D eigenvalue weighted by Crippen LogP contribution is -2.40. The second-order valence-corrected chi connectivity index (χ2v) is 4.46. The zero-order valence-electron chi connectivity index (χ0n) is 10.8. The SMILES string of the molecule is Cc1ccc(N2C(=O)CCCC2=O)c(C#CCO)c1. The Morgan fingerprint density at radius 1 is 1.26 bits per heavy atom. The largest absolute Gasteiger partial charge is 0.384 e. The van der Waals surface area contributed by atoms with Crippen LogP contribution >= 0.6 is 0 Å². The van der Waals surface area contributed by atoms with E-state index in [1.54, 1.807) is 6.07 Å². The first kappa shape index (κ1) is 13.3. The molecule has 1 aliphatic heterocycles. The van der Waals surface area contributed by atoms with Crippen molar-refractivity contribution in [1.29, 1.82) is 0 Å². The minimum absolute atomic E-state index is 0.188. The summed E-state index contributed by atoms with van der Waals surface area (Å²) < 4.78 is 0. The number of aliphatic hydroxyl groups is 1. The number of carbonyl (C=O) groups excluding carboxylic acids is 2. The molecule has 0 aliphatic carbocycles. The van der Waals surface area contributed by atoms with E-state index in [4.69, 9.17) is 5.11 Å². The summed E-state index contributed by atoms with van der Waals surface area (Å²) in [6.07, 6.45) is 1.37. The number of hydrogen-bond donors (Lipinski definition) is 1. The summed E-state index contributed by atoms with van der Waals surface area (Å²) in [7, 11) is 0. The fraction of sp³-hybridized carbons (Fsp3) is 0.333. The molecule has 98 valence electrons. The second-order valence-electron chi connectivity index (χ2n) is 4.46. The molecule has 1 fully saturated rings.